The molecule has 0 N–H and O–H groups in total. The van der Waals surface area contributed by atoms with Crippen molar-refractivity contribution in [1.29, 1.82) is 0 Å². The zero-order chi connectivity index (χ0) is 44.9. The Balaban J connectivity index is 0.916. The first-order valence-corrected chi connectivity index (χ1v) is 23.8. The molecule has 1 aliphatic heterocycles. The van der Waals surface area contributed by atoms with Crippen LogP contribution < -0.4 is 14.4 Å². The second-order valence-electron chi connectivity index (χ2n) is 19.5. The zero-order valence-corrected chi connectivity index (χ0v) is 37.7. The van der Waals surface area contributed by atoms with Crippen LogP contribution in [0.3, 0.4) is 0 Å². The molecule has 0 radical (unpaired) electrons. The van der Waals surface area contributed by atoms with E-state index in [1.165, 1.54) is 83.1 Å². The van der Waals surface area contributed by atoms with Crippen molar-refractivity contribution in [3.8, 4) is 50.6 Å². The van der Waals surface area contributed by atoms with Gasteiger partial charge in [0.05, 0.1) is 22.1 Å². The van der Waals surface area contributed by atoms with Gasteiger partial charge in [-0.3, -0.25) is 0 Å². The number of ether oxygens (including phenoxy) is 2. The van der Waals surface area contributed by atoms with E-state index in [0.29, 0.717) is 0 Å². The molecule has 2 unspecified atom stereocenters. The average molecular weight is 873 g/mol. The molecule has 0 amide bonds. The summed E-state index contributed by atoms with van der Waals surface area (Å²) < 4.78 is 17.0. The molecule has 4 aliphatic carbocycles. The quantitative estimate of drug-likeness (QED) is 0.176. The van der Waals surface area contributed by atoms with Gasteiger partial charge in [0.1, 0.15) is 0 Å². The Labute approximate surface area is 395 Å². The molecule has 0 fully saturated rings. The SMILES string of the molecule is CC1(C)c2ccccc2-c2ccc(N(C3=CC=CC4Oc5cc6c(cc5OC34)C3(c4ccccc4-c4ccccc43)c3ccccc3-6)c3ccc4c(c3)c3ccccc3n4-c3ccccc3)cc21. The maximum Gasteiger partial charge on any atom is 0.179 e. The molecule has 10 aromatic rings. The highest BCUT2D eigenvalue weighted by Gasteiger charge is 2.53. The monoisotopic (exact) mass is 872 g/mol. The number of hydrogen-bond acceptors (Lipinski definition) is 3. The van der Waals surface area contributed by atoms with Crippen molar-refractivity contribution in [3.05, 3.63) is 257 Å². The summed E-state index contributed by atoms with van der Waals surface area (Å²) in [6.45, 7) is 4.71. The fourth-order valence-corrected chi connectivity index (χ4v) is 12.9. The third kappa shape index (κ3) is 4.89. The molecule has 68 heavy (non-hydrogen) atoms. The van der Waals surface area contributed by atoms with Gasteiger partial charge in [-0.05, 0) is 140 Å². The van der Waals surface area contributed by atoms with Gasteiger partial charge in [0.15, 0.2) is 23.7 Å². The number of anilines is 2. The van der Waals surface area contributed by atoms with Gasteiger partial charge in [-0.15, -0.1) is 0 Å². The second kappa shape index (κ2) is 13.6. The van der Waals surface area contributed by atoms with Gasteiger partial charge in [0, 0.05) is 33.2 Å². The van der Waals surface area contributed by atoms with Crippen molar-refractivity contribution in [2.45, 2.75) is 36.9 Å². The van der Waals surface area contributed by atoms with E-state index >= 15 is 0 Å². The molecule has 1 spiro atoms. The van der Waals surface area contributed by atoms with Crippen molar-refractivity contribution in [1.82, 2.24) is 4.57 Å². The number of para-hydroxylation sites is 2. The summed E-state index contributed by atoms with van der Waals surface area (Å²) >= 11 is 0. The molecule has 4 heteroatoms. The third-order valence-electron chi connectivity index (χ3n) is 15.7. The number of aromatic nitrogens is 1. The standard InChI is InChI=1S/C64H44N2O2/c1-63(2)50-24-11-6-19-42(50)46-33-31-41(36-54(46)63)65(40-32-34-57-49(35-40)47-23-10-15-28-56(47)66(57)39-17-4-3-5-18-39)58-29-16-30-59-62(58)68-61-38-55-48(37-60(61)67-59)45-22-9-14-27-53(45)64(55)51-25-12-7-20-43(51)44-21-8-13-26-52(44)64/h3-38,59,62H,1-2H3. The van der Waals surface area contributed by atoms with Crippen LogP contribution in [-0.4, -0.2) is 16.8 Å². The van der Waals surface area contributed by atoms with Crippen molar-refractivity contribution in [3.63, 3.8) is 0 Å². The van der Waals surface area contributed by atoms with E-state index in [0.717, 1.165) is 39.8 Å². The summed E-state index contributed by atoms with van der Waals surface area (Å²) in [6, 6.07) is 73.7. The molecule has 5 aliphatic rings. The Morgan fingerprint density at radius 2 is 1.00 bits per heavy atom. The molecule has 0 saturated heterocycles. The normalized spacial score (nSPS) is 17.8. The van der Waals surface area contributed by atoms with Gasteiger partial charge in [-0.25, -0.2) is 0 Å². The minimum Gasteiger partial charge on any atom is -0.478 e. The Bertz CT molecular complexity index is 3820. The summed E-state index contributed by atoms with van der Waals surface area (Å²) in [7, 11) is 0. The van der Waals surface area contributed by atoms with Crippen molar-refractivity contribution < 1.29 is 9.47 Å². The summed E-state index contributed by atoms with van der Waals surface area (Å²) in [6.07, 6.45) is 5.72. The largest absolute Gasteiger partial charge is 0.478 e. The van der Waals surface area contributed by atoms with Crippen molar-refractivity contribution in [2.24, 2.45) is 0 Å². The topological polar surface area (TPSA) is 26.6 Å². The van der Waals surface area contributed by atoms with E-state index in [2.05, 4.69) is 242 Å². The molecular formula is C64H44N2O2. The van der Waals surface area contributed by atoms with Gasteiger partial charge >= 0.3 is 0 Å². The number of fused-ring (bicyclic) bond motifs is 18. The number of allylic oxidation sites excluding steroid dienone is 2. The number of rotatable bonds is 4. The van der Waals surface area contributed by atoms with Crippen LogP contribution in [0.2, 0.25) is 0 Å². The smallest absolute Gasteiger partial charge is 0.179 e. The van der Waals surface area contributed by atoms with Crippen LogP contribution in [0.4, 0.5) is 11.4 Å². The van der Waals surface area contributed by atoms with Crippen LogP contribution in [0.15, 0.2) is 224 Å². The van der Waals surface area contributed by atoms with E-state index in [-0.39, 0.29) is 11.5 Å². The highest BCUT2D eigenvalue weighted by atomic mass is 16.6. The molecule has 4 nitrogen and oxygen atoms in total. The summed E-state index contributed by atoms with van der Waals surface area (Å²) in [5, 5.41) is 2.40. The zero-order valence-electron chi connectivity index (χ0n) is 37.7. The summed E-state index contributed by atoms with van der Waals surface area (Å²) in [5.41, 5.74) is 21.3. The highest BCUT2D eigenvalue weighted by Crippen LogP contribution is 2.64. The van der Waals surface area contributed by atoms with Crippen LogP contribution in [-0.2, 0) is 10.8 Å². The van der Waals surface area contributed by atoms with Crippen LogP contribution in [0.1, 0.15) is 47.2 Å². The number of benzene rings is 9. The molecular weight excluding hydrogens is 829 g/mol. The Hall–Kier alpha value is -8.34. The highest BCUT2D eigenvalue weighted by molar-refractivity contribution is 6.10. The van der Waals surface area contributed by atoms with Crippen molar-refractivity contribution >= 4 is 33.2 Å². The molecule has 2 heterocycles. The lowest BCUT2D eigenvalue weighted by Crippen LogP contribution is -2.45. The van der Waals surface area contributed by atoms with Gasteiger partial charge in [-0.2, -0.15) is 0 Å². The van der Waals surface area contributed by atoms with Crippen molar-refractivity contribution in [2.75, 3.05) is 4.90 Å². The van der Waals surface area contributed by atoms with E-state index in [4.69, 9.17) is 9.47 Å². The first kappa shape index (κ1) is 37.8. The molecule has 0 saturated carbocycles. The summed E-state index contributed by atoms with van der Waals surface area (Å²) in [5.74, 6) is 1.52. The predicted octanol–water partition coefficient (Wildman–Crippen LogP) is 15.2. The minimum absolute atomic E-state index is 0.182. The lowest BCUT2D eigenvalue weighted by molar-refractivity contribution is 0.0675. The van der Waals surface area contributed by atoms with Crippen LogP contribution >= 0.6 is 0 Å². The molecule has 1 aromatic heterocycles. The molecule has 322 valence electrons. The van der Waals surface area contributed by atoms with E-state index in [1.807, 2.05) is 0 Å². The lowest BCUT2D eigenvalue weighted by Gasteiger charge is -2.40. The van der Waals surface area contributed by atoms with Crippen LogP contribution in [0.5, 0.6) is 11.5 Å². The lowest BCUT2D eigenvalue weighted by atomic mass is 9.70. The van der Waals surface area contributed by atoms with Crippen LogP contribution in [0, 0.1) is 0 Å². The fraction of sp³-hybridized carbons (Fsp3) is 0.0938. The fourth-order valence-electron chi connectivity index (χ4n) is 12.9. The Morgan fingerprint density at radius 3 is 1.74 bits per heavy atom. The van der Waals surface area contributed by atoms with Gasteiger partial charge in [-0.1, -0.05) is 159 Å². The molecule has 2 atom stereocenters. The van der Waals surface area contributed by atoms with Gasteiger partial charge in [0.25, 0.3) is 0 Å². The average Bonchev–Trinajstić information content (AvgIpc) is 4.05. The minimum atomic E-state index is -0.491. The van der Waals surface area contributed by atoms with Gasteiger partial charge in [0.2, 0.25) is 0 Å². The van der Waals surface area contributed by atoms with E-state index < -0.39 is 11.5 Å². The Morgan fingerprint density at radius 1 is 0.441 bits per heavy atom. The summed E-state index contributed by atoms with van der Waals surface area (Å²) in [4.78, 5) is 2.43. The molecule has 15 rings (SSSR count). The number of hydrogen-bond donors (Lipinski definition) is 0. The second-order valence-corrected chi connectivity index (χ2v) is 19.5. The first-order chi connectivity index (χ1) is 33.5. The van der Waals surface area contributed by atoms with Gasteiger partial charge < -0.3 is 18.9 Å². The third-order valence-corrected chi connectivity index (χ3v) is 15.7. The predicted molar refractivity (Wildman–Crippen MR) is 276 cm³/mol. The van der Waals surface area contributed by atoms with Crippen LogP contribution in [0.25, 0.3) is 60.9 Å². The van der Waals surface area contributed by atoms with E-state index in [1.54, 1.807) is 0 Å². The Kier molecular flexibility index (Phi) is 7.58. The molecule has 0 bridgehead atoms. The maximum absolute atomic E-state index is 7.49. The van der Waals surface area contributed by atoms with E-state index in [9.17, 15) is 0 Å². The molecule has 9 aromatic carbocycles. The first-order valence-electron chi connectivity index (χ1n) is 23.8. The number of nitrogens with zero attached hydrogens (tertiary/aromatic N) is 2. The maximum atomic E-state index is 7.49.